The molecule has 18 heteroatoms. The van der Waals surface area contributed by atoms with E-state index in [1.54, 1.807) is 31.9 Å². The molecule has 14 fully saturated rings. The van der Waals surface area contributed by atoms with Crippen molar-refractivity contribution in [3.8, 4) is 0 Å². The lowest BCUT2D eigenvalue weighted by atomic mass is 9.74. The Morgan fingerprint density at radius 2 is 0.874 bits per heavy atom. The van der Waals surface area contributed by atoms with E-state index >= 15 is 0 Å². The molecule has 2 aromatic rings. The van der Waals surface area contributed by atoms with Crippen molar-refractivity contribution in [1.82, 2.24) is 49.2 Å². The molecule has 18 nitrogen and oxygen atoms in total. The van der Waals surface area contributed by atoms with Crippen molar-refractivity contribution in [1.29, 1.82) is 0 Å². The van der Waals surface area contributed by atoms with Gasteiger partial charge in [-0.1, -0.05) is 189 Å². The third-order valence-corrected chi connectivity index (χ3v) is 35.5. The highest BCUT2D eigenvalue weighted by Gasteiger charge is 2.41. The molecule has 10 aliphatic heterocycles. The van der Waals surface area contributed by atoms with Crippen LogP contribution in [0.15, 0.2) is 49.1 Å². The highest BCUT2D eigenvalue weighted by molar-refractivity contribution is 5.95. The van der Waals surface area contributed by atoms with Gasteiger partial charge in [0.15, 0.2) is 5.78 Å². The lowest BCUT2D eigenvalue weighted by molar-refractivity contribution is -0.146. The largest absolute Gasteiger partial charge is 0.461 e. The number of piperidine rings is 8. The summed E-state index contributed by atoms with van der Waals surface area (Å²) in [6.07, 6.45) is 51.4. The highest BCUT2D eigenvalue weighted by Crippen LogP contribution is 2.42. The number of nitrogens with zero attached hydrogens (tertiary/aromatic N) is 10. The minimum atomic E-state index is -0.0677. The highest BCUT2D eigenvalue weighted by atomic mass is 16.5. The van der Waals surface area contributed by atoms with Crippen LogP contribution in [0.2, 0.25) is 0 Å². The Bertz CT molecular complexity index is 3510. The van der Waals surface area contributed by atoms with Gasteiger partial charge >= 0.3 is 5.97 Å². The lowest BCUT2D eigenvalue weighted by Crippen LogP contribution is -2.53. The normalized spacial score (nSPS) is 28.5. The van der Waals surface area contributed by atoms with Crippen molar-refractivity contribution in [2.45, 2.75) is 400 Å². The molecule has 3 amide bonds. The molecular formula is C117H208N10O8. The van der Waals surface area contributed by atoms with Crippen LogP contribution in [-0.4, -0.2) is 242 Å². The molecule has 4 aliphatic carbocycles. The summed E-state index contributed by atoms with van der Waals surface area (Å²) < 4.78 is 15.9. The SMILES string of the molecule is CC(C)C1CCC(CC(=O)OCc2cccnc2)CC1.CC(C)C1CCC(CC(=O)c2cccnc2)CC1.CC(C)C1CCC(N2CCOCC2)CC1.CC(C)C1CCCCC1C.CC(C)C1CN2CCC1CC2.CCN1CCCCC1C(=O)N1CCC(C(C)C)CC1.CN1CCCCCC1C(=O)N1CCC(C(C)(C)C)CC1.COCCN1CCCCC1C(=O)N1CCC(C(C)(C)C)CC1. The molecule has 16 rings (SSSR count). The van der Waals surface area contributed by atoms with E-state index in [1.165, 1.54) is 206 Å². The monoisotopic (exact) mass is 1880 g/mol. The Morgan fingerprint density at radius 1 is 0.437 bits per heavy atom. The first-order chi connectivity index (χ1) is 64.5. The maximum absolute atomic E-state index is 12.9. The zero-order chi connectivity index (χ0) is 98.2. The number of likely N-dealkylation sites (N-methyl/N-ethyl adjacent to an activating group) is 2. The third kappa shape index (κ3) is 40.0. The average molecular weight is 1880 g/mol. The molecule has 4 saturated carbocycles. The topological polar surface area (TPSA) is 165 Å². The van der Waals surface area contributed by atoms with E-state index in [0.717, 1.165) is 249 Å². The summed E-state index contributed by atoms with van der Waals surface area (Å²) in [5.74, 6) is 16.6. The molecular weight excluding hydrogens is 1670 g/mol. The molecule has 6 unspecified atom stereocenters. The number of esters is 1. The number of hydrogen-bond acceptors (Lipinski definition) is 15. The number of morpholine rings is 1. The molecule has 6 atom stereocenters. The predicted molar refractivity (Wildman–Crippen MR) is 561 cm³/mol. The molecule has 2 bridgehead atoms. The van der Waals surface area contributed by atoms with Crippen molar-refractivity contribution >= 4 is 29.5 Å². The Hall–Kier alpha value is -4.43. The number of likely N-dealkylation sites (tertiary alicyclic amines) is 6. The Balaban J connectivity index is 0.000000191. The van der Waals surface area contributed by atoms with Gasteiger partial charge in [-0.05, 0) is 355 Å². The standard InChI is InChI=1S/C18H34N2O2.C17H32N2O.C17H25NO2.C16H30N2O.C16H23NO.C13H25NO.C10H19N.C10H20/c1-18(2,3)15-8-11-20(12-9-15)17(21)16-7-5-6-10-19(16)13-14-22-4;1-17(2,3)14-9-12-19(13-10-14)16(20)15-8-6-5-7-11-18(15)4;1-13(2)16-7-5-14(6-8-16)10-17(19)20-12-15-4-3-9-18-11-15;1-4-17-10-6-5-7-15(17)16(19)18-11-8-14(9-12-18)13(2)3;1-12(2)14-7-5-13(6-8-14)10-16(18)15-4-3-9-17-11-15;1-11(2)12-3-5-13(6-4-12)14-7-9-15-10-8-14;1-8(2)10-7-11-5-3-9(10)4-6-11;1-8(2)10-7-5-4-6-9(10)3/h15-16H,5-14H2,1-4H3;14-15H,5-13H2,1-4H3;3-4,9,11,13-14,16H,5-8,10,12H2,1-2H3;13-15H,4-12H2,1-3H3;3-4,9,11-14H,5-8,10H2,1-2H3;11-13H,3-10H2,1-2H3;8-10H,3-7H2,1-2H3;8-10H,4-7H2,1-3H3. The lowest BCUT2D eigenvalue weighted by Gasteiger charge is -2.46. The van der Waals surface area contributed by atoms with Gasteiger partial charge in [0.25, 0.3) is 0 Å². The van der Waals surface area contributed by atoms with Crippen LogP contribution in [0.3, 0.4) is 0 Å². The van der Waals surface area contributed by atoms with Gasteiger partial charge in [-0.2, -0.15) is 0 Å². The minimum absolute atomic E-state index is 0.0677. The van der Waals surface area contributed by atoms with Crippen LogP contribution in [0.5, 0.6) is 0 Å². The second kappa shape index (κ2) is 60.9. The van der Waals surface area contributed by atoms with Gasteiger partial charge in [0.2, 0.25) is 17.7 Å². The fourth-order valence-corrected chi connectivity index (χ4v) is 25.5. The summed E-state index contributed by atoms with van der Waals surface area (Å²) in [5.41, 5.74) is 2.46. The van der Waals surface area contributed by atoms with E-state index in [0.29, 0.717) is 59.8 Å². The van der Waals surface area contributed by atoms with Crippen LogP contribution in [0.1, 0.15) is 386 Å². The number of ether oxygens (including phenoxy) is 3. The van der Waals surface area contributed by atoms with Crippen molar-refractivity contribution in [2.75, 3.05) is 139 Å². The van der Waals surface area contributed by atoms with Crippen molar-refractivity contribution in [3.05, 3.63) is 60.2 Å². The number of Topliss-reactive ketones (excluding diaryl/α,β-unsaturated/α-hetero) is 1. The number of methoxy groups -OCH3 is 1. The van der Waals surface area contributed by atoms with Gasteiger partial charge in [0.05, 0.1) is 37.9 Å². The molecule has 135 heavy (non-hydrogen) atoms. The van der Waals surface area contributed by atoms with Crippen LogP contribution >= 0.6 is 0 Å². The molecule has 12 heterocycles. The fourth-order valence-electron chi connectivity index (χ4n) is 25.5. The summed E-state index contributed by atoms with van der Waals surface area (Å²) in [4.78, 5) is 89.0. The van der Waals surface area contributed by atoms with Crippen LogP contribution in [-0.2, 0) is 40.0 Å². The van der Waals surface area contributed by atoms with Crippen LogP contribution < -0.4 is 0 Å². The van der Waals surface area contributed by atoms with Gasteiger partial charge in [0.1, 0.15) is 6.61 Å². The number of aromatic nitrogens is 2. The number of carbonyl (C=O) groups is 5. The van der Waals surface area contributed by atoms with Crippen LogP contribution in [0.4, 0.5) is 0 Å². The first kappa shape index (κ1) is 116. The third-order valence-electron chi connectivity index (χ3n) is 35.5. The maximum atomic E-state index is 12.9. The summed E-state index contributed by atoms with van der Waals surface area (Å²) in [6, 6.07) is 8.76. The van der Waals surface area contributed by atoms with Gasteiger partial charge < -0.3 is 33.8 Å². The van der Waals surface area contributed by atoms with E-state index in [-0.39, 0.29) is 29.9 Å². The van der Waals surface area contributed by atoms with Crippen molar-refractivity contribution < 1.29 is 38.2 Å². The summed E-state index contributed by atoms with van der Waals surface area (Å²) in [6.45, 7) is 67.0. The van der Waals surface area contributed by atoms with Crippen LogP contribution in [0.25, 0.3) is 0 Å². The number of ketones is 1. The van der Waals surface area contributed by atoms with E-state index in [9.17, 15) is 24.0 Å². The first-order valence-electron chi connectivity index (χ1n) is 56.6. The molecule has 0 radical (unpaired) electrons. The van der Waals surface area contributed by atoms with Gasteiger partial charge in [-0.3, -0.25) is 53.5 Å². The number of carbonyl (C=O) groups excluding carboxylic acids is 5. The number of pyridine rings is 2. The predicted octanol–water partition coefficient (Wildman–Crippen LogP) is 24.8. The molecule has 10 saturated heterocycles. The number of amides is 3. The molecule has 0 aromatic carbocycles. The Labute approximate surface area is 828 Å². The fraction of sp³-hybridized carbons (Fsp3) is 0.872. The molecule has 0 spiro atoms. The smallest absolute Gasteiger partial charge is 0.306 e. The number of hydrogen-bond donors (Lipinski definition) is 0. The zero-order valence-electron chi connectivity index (χ0n) is 91.2. The number of fused-ring (bicyclic) bond motifs is 3. The Morgan fingerprint density at radius 3 is 1.31 bits per heavy atom. The van der Waals surface area contributed by atoms with E-state index in [2.05, 4.69) is 195 Å². The van der Waals surface area contributed by atoms with Crippen LogP contribution in [0, 0.1) is 117 Å². The van der Waals surface area contributed by atoms with Crippen molar-refractivity contribution in [2.24, 2.45) is 117 Å². The van der Waals surface area contributed by atoms with Gasteiger partial charge in [-0.25, -0.2) is 0 Å². The van der Waals surface area contributed by atoms with E-state index in [4.69, 9.17) is 14.2 Å². The molecule has 14 aliphatic rings. The first-order valence-corrected chi connectivity index (χ1v) is 56.6. The summed E-state index contributed by atoms with van der Waals surface area (Å²) in [7, 11) is 3.85. The quantitative estimate of drug-likeness (QED) is 0.0855. The van der Waals surface area contributed by atoms with Gasteiger partial charge in [-0.15, -0.1) is 0 Å². The maximum Gasteiger partial charge on any atom is 0.306 e. The second-order valence-electron chi connectivity index (χ2n) is 48.7. The zero-order valence-corrected chi connectivity index (χ0v) is 91.2. The summed E-state index contributed by atoms with van der Waals surface area (Å²) in [5, 5.41) is 0. The van der Waals surface area contributed by atoms with E-state index in [1.807, 2.05) is 24.3 Å². The Kier molecular flexibility index (Phi) is 52.2. The summed E-state index contributed by atoms with van der Waals surface area (Å²) >= 11 is 0. The molecule has 2 aromatic heterocycles. The van der Waals surface area contributed by atoms with E-state index < -0.39 is 0 Å². The van der Waals surface area contributed by atoms with Gasteiger partial charge in [0, 0.05) is 127 Å². The molecule has 0 N–H and O–H groups in total. The minimum Gasteiger partial charge on any atom is -0.461 e. The van der Waals surface area contributed by atoms with Crippen molar-refractivity contribution in [3.63, 3.8) is 0 Å². The second-order valence-corrected chi connectivity index (χ2v) is 48.7. The molecule has 774 valence electrons. The number of rotatable bonds is 21. The average Bonchev–Trinajstić information content (AvgIpc) is 1.80.